The monoisotopic (exact) mass is 502 g/mol. The second-order valence-electron chi connectivity index (χ2n) is 5.93. The van der Waals surface area contributed by atoms with Gasteiger partial charge >= 0.3 is 35.8 Å². The van der Waals surface area contributed by atoms with Crippen LogP contribution in [0, 0.1) is 0 Å². The highest BCUT2D eigenvalue weighted by Gasteiger charge is 2.89. The summed E-state index contributed by atoms with van der Waals surface area (Å²) in [6.07, 6.45) is -12.0. The maximum atomic E-state index is 13.4. The summed E-state index contributed by atoms with van der Waals surface area (Å²) in [6, 6.07) is 0. The van der Waals surface area contributed by atoms with Gasteiger partial charge in [-0.05, 0) is 16.2 Å². The molecule has 0 atom stereocenters. The van der Waals surface area contributed by atoms with Crippen molar-refractivity contribution in [2.24, 2.45) is 0 Å². The van der Waals surface area contributed by atoms with Gasteiger partial charge in [0.25, 0.3) is 5.55 Å². The van der Waals surface area contributed by atoms with Crippen LogP contribution in [0.2, 0.25) is 0 Å². The van der Waals surface area contributed by atoms with Gasteiger partial charge in [0.2, 0.25) is 0 Å². The molecule has 0 aliphatic carbocycles. The van der Waals surface area contributed by atoms with Crippen molar-refractivity contribution in [3.8, 4) is 0 Å². The van der Waals surface area contributed by atoms with Crippen LogP contribution < -0.4 is 0 Å². The molecule has 18 heteroatoms. The van der Waals surface area contributed by atoms with E-state index in [0.717, 1.165) is 0 Å². The zero-order valence-corrected chi connectivity index (χ0v) is 18.5. The summed E-state index contributed by atoms with van der Waals surface area (Å²) in [6.45, 7) is 0. The van der Waals surface area contributed by atoms with Crippen molar-refractivity contribution in [1.29, 1.82) is 0 Å². The van der Waals surface area contributed by atoms with Crippen LogP contribution in [-0.2, 0) is 0 Å². The Bertz CT molecular complexity index is 527. The Balaban J connectivity index is 5.96. The second kappa shape index (κ2) is 8.03. The van der Waals surface area contributed by atoms with E-state index in [-0.39, 0.29) is 9.76 Å². The van der Waals surface area contributed by atoms with Crippen LogP contribution in [0.1, 0.15) is 19.3 Å². The minimum absolute atomic E-state index is 0.0949. The summed E-state index contributed by atoms with van der Waals surface area (Å²) in [5, 5.41) is 0. The normalized spacial score (nSPS) is 16.8. The zero-order chi connectivity index (χ0) is 23.0. The molecule has 0 aromatic rings. The lowest BCUT2D eigenvalue weighted by Gasteiger charge is -2.41. The molecule has 0 saturated carbocycles. The molecule has 0 N–H and O–H groups in total. The first-order chi connectivity index (χ1) is 12.0. The van der Waals surface area contributed by atoms with Crippen molar-refractivity contribution in [2.45, 2.75) is 60.6 Å². The molecule has 0 bridgehead atoms. The Morgan fingerprint density at radius 3 is 1.29 bits per heavy atom. The highest BCUT2D eigenvalue weighted by molar-refractivity contribution is 7.24. The number of rotatable bonds is 10. The second-order valence-corrected chi connectivity index (χ2v) is 21.8. The Kier molecular flexibility index (Phi) is 7.91. The van der Waals surface area contributed by atoms with E-state index in [0.29, 0.717) is 0 Å². The van der Waals surface area contributed by atoms with Gasteiger partial charge in [-0.1, -0.05) is 0 Å². The van der Waals surface area contributed by atoms with E-state index in [4.69, 9.17) is 0 Å². The molecule has 0 nitrogen and oxygen atoms in total. The molecule has 0 aromatic carbocycles. The van der Waals surface area contributed by atoms with Crippen LogP contribution in [0.5, 0.6) is 0 Å². The van der Waals surface area contributed by atoms with Crippen LogP contribution in [0.15, 0.2) is 0 Å². The standard InChI is InChI=1S/C10H13F15Si3/c11-4(12,2-1-3-5(13,14)15)6(16,17)7(18,19)8(20,21)9(22,23)10(24,25)27-28-26/h1-3,27-28H2,26H3. The first kappa shape index (κ1) is 27.6. The van der Waals surface area contributed by atoms with Gasteiger partial charge in [-0.3, -0.25) is 0 Å². The van der Waals surface area contributed by atoms with Crippen molar-refractivity contribution >= 4 is 27.4 Å². The van der Waals surface area contributed by atoms with Crippen molar-refractivity contribution in [1.82, 2.24) is 0 Å². The van der Waals surface area contributed by atoms with Gasteiger partial charge in [-0.25, -0.2) is 8.78 Å². The predicted molar refractivity (Wildman–Crippen MR) is 76.6 cm³/mol. The molecule has 0 aliphatic rings. The first-order valence-electron chi connectivity index (χ1n) is 7.35. The summed E-state index contributed by atoms with van der Waals surface area (Å²) >= 11 is 0. The lowest BCUT2D eigenvalue weighted by molar-refractivity contribution is -0.417. The number of hydrogen-bond acceptors (Lipinski definition) is 0. The highest BCUT2D eigenvalue weighted by Crippen LogP contribution is 2.60. The predicted octanol–water partition coefficient (Wildman–Crippen LogP) is 3.02. The summed E-state index contributed by atoms with van der Waals surface area (Å²) in [4.78, 5) is 0. The molecule has 0 aliphatic heterocycles. The van der Waals surface area contributed by atoms with Crippen molar-refractivity contribution in [3.05, 3.63) is 0 Å². The Morgan fingerprint density at radius 2 is 0.929 bits per heavy atom. The summed E-state index contributed by atoms with van der Waals surface area (Å²) in [7, 11) is -5.38. The molecule has 0 rings (SSSR count). The smallest absolute Gasteiger partial charge is 0.206 e. The van der Waals surface area contributed by atoms with Gasteiger partial charge in [0.05, 0.1) is 9.04 Å². The molecule has 0 unspecified atom stereocenters. The molecular formula is C10H13F15Si3. The van der Waals surface area contributed by atoms with E-state index in [1.807, 2.05) is 0 Å². The lowest BCUT2D eigenvalue weighted by atomic mass is 9.92. The summed E-state index contributed by atoms with van der Waals surface area (Å²) < 4.78 is 196. The Morgan fingerprint density at radius 1 is 0.536 bits per heavy atom. The number of alkyl halides is 15. The van der Waals surface area contributed by atoms with Crippen LogP contribution in [0.25, 0.3) is 0 Å². The van der Waals surface area contributed by atoms with E-state index >= 15 is 0 Å². The topological polar surface area (TPSA) is 0 Å². The lowest BCUT2D eigenvalue weighted by Crippen LogP contribution is -2.71. The zero-order valence-electron chi connectivity index (χ0n) is 13.7. The average molecular weight is 502 g/mol. The van der Waals surface area contributed by atoms with Gasteiger partial charge in [0, 0.05) is 21.4 Å². The van der Waals surface area contributed by atoms with Gasteiger partial charge in [0.1, 0.15) is 0 Å². The van der Waals surface area contributed by atoms with Crippen molar-refractivity contribution in [3.63, 3.8) is 0 Å². The molecule has 0 amide bonds. The molecule has 0 heterocycles. The van der Waals surface area contributed by atoms with Crippen molar-refractivity contribution < 1.29 is 65.9 Å². The van der Waals surface area contributed by atoms with E-state index < -0.39 is 78.2 Å². The third kappa shape index (κ3) is 4.84. The van der Waals surface area contributed by atoms with Gasteiger partial charge in [-0.2, -0.15) is 57.1 Å². The van der Waals surface area contributed by atoms with Crippen molar-refractivity contribution in [2.75, 3.05) is 0 Å². The Hall–Kier alpha value is -0.399. The molecule has 0 fully saturated rings. The van der Waals surface area contributed by atoms with E-state index in [2.05, 4.69) is 0 Å². The highest BCUT2D eigenvalue weighted by atomic mass is 29.5. The third-order valence-electron chi connectivity index (χ3n) is 3.62. The molecule has 0 saturated heterocycles. The quantitative estimate of drug-likeness (QED) is 0.319. The molecular weight excluding hydrogens is 489 g/mol. The minimum atomic E-state index is -7.68. The van der Waals surface area contributed by atoms with Gasteiger partial charge < -0.3 is 0 Å². The maximum absolute atomic E-state index is 13.4. The Labute approximate surface area is 154 Å². The van der Waals surface area contributed by atoms with Crippen LogP contribution >= 0.6 is 0 Å². The van der Waals surface area contributed by atoms with E-state index in [9.17, 15) is 65.9 Å². The van der Waals surface area contributed by atoms with Crippen LogP contribution in [0.4, 0.5) is 65.9 Å². The summed E-state index contributed by atoms with van der Waals surface area (Å²) in [5.74, 6) is -36.0. The maximum Gasteiger partial charge on any atom is 0.389 e. The molecule has 28 heavy (non-hydrogen) atoms. The summed E-state index contributed by atoms with van der Waals surface area (Å²) in [5.41, 5.74) is -5.74. The fourth-order valence-electron chi connectivity index (χ4n) is 1.99. The van der Waals surface area contributed by atoms with Gasteiger partial charge in [0.15, 0.2) is 0 Å². The minimum Gasteiger partial charge on any atom is -0.206 e. The van der Waals surface area contributed by atoms with Crippen LogP contribution in [-0.4, -0.2) is 68.7 Å². The number of hydrogen-bond donors (Lipinski definition) is 0. The average Bonchev–Trinajstić information content (AvgIpc) is 2.44. The molecule has 170 valence electrons. The van der Waals surface area contributed by atoms with Crippen LogP contribution in [0.3, 0.4) is 0 Å². The fourth-order valence-corrected chi connectivity index (χ4v) is 11.6. The number of halogens is 15. The SMILES string of the molecule is FC(F)(F)CCCC(F)(F)C(F)(F)C(F)(F)C(F)(F)C(F)(F)C(F)(F)[SiH2][SiH2][SiH3]. The third-order valence-corrected chi connectivity index (χ3v) is 13.1. The molecule has 0 radical (unpaired) electrons. The first-order valence-corrected chi connectivity index (χ1v) is 17.7. The van der Waals surface area contributed by atoms with E-state index in [1.54, 1.807) is 0 Å². The largest absolute Gasteiger partial charge is 0.389 e. The molecule has 0 aromatic heterocycles. The van der Waals surface area contributed by atoms with Gasteiger partial charge in [-0.15, -0.1) is 0 Å². The molecule has 0 spiro atoms. The van der Waals surface area contributed by atoms with E-state index in [1.165, 1.54) is 0 Å². The fraction of sp³-hybridized carbons (Fsp3) is 1.00.